The molecule has 1 aromatic heterocycles. The SMILES string of the molecule is N=Cn1c(=N)nc(N2CCCCc3ccccc32)c2cc(F)c(N)cc21. The highest BCUT2D eigenvalue weighted by Gasteiger charge is 2.21. The summed E-state index contributed by atoms with van der Waals surface area (Å²) >= 11 is 0. The van der Waals surface area contributed by atoms with Crippen molar-refractivity contribution in [2.75, 3.05) is 17.2 Å². The lowest BCUT2D eigenvalue weighted by Gasteiger charge is -2.26. The molecular formula is C19H19FN6. The minimum atomic E-state index is -0.530. The molecule has 0 saturated carbocycles. The van der Waals surface area contributed by atoms with Crippen LogP contribution in [0, 0.1) is 16.6 Å². The molecule has 1 aliphatic heterocycles. The molecule has 0 bridgehead atoms. The van der Waals surface area contributed by atoms with Crippen molar-refractivity contribution >= 4 is 34.4 Å². The number of rotatable bonds is 2. The lowest BCUT2D eigenvalue weighted by molar-refractivity contribution is 0.634. The van der Waals surface area contributed by atoms with Crippen molar-refractivity contribution in [1.29, 1.82) is 10.8 Å². The number of nitrogens with two attached hydrogens (primary N) is 1. The molecule has 0 fully saturated rings. The average molecular weight is 350 g/mol. The maximum absolute atomic E-state index is 14.2. The Hall–Kier alpha value is -3.22. The van der Waals surface area contributed by atoms with Crippen LogP contribution in [-0.2, 0) is 6.42 Å². The van der Waals surface area contributed by atoms with Crippen LogP contribution >= 0.6 is 0 Å². The van der Waals surface area contributed by atoms with Crippen LogP contribution in [0.1, 0.15) is 18.4 Å². The monoisotopic (exact) mass is 350 g/mol. The highest BCUT2D eigenvalue weighted by atomic mass is 19.1. The van der Waals surface area contributed by atoms with Gasteiger partial charge in [-0.1, -0.05) is 18.2 Å². The number of para-hydroxylation sites is 1. The lowest BCUT2D eigenvalue weighted by atomic mass is 10.1. The molecule has 0 unspecified atom stereocenters. The molecule has 1 aliphatic rings. The number of benzene rings is 2. The Morgan fingerprint density at radius 3 is 2.81 bits per heavy atom. The topological polar surface area (TPSA) is 94.8 Å². The Morgan fingerprint density at radius 1 is 1.19 bits per heavy atom. The molecule has 6 nitrogen and oxygen atoms in total. The van der Waals surface area contributed by atoms with Crippen molar-refractivity contribution in [3.63, 3.8) is 0 Å². The predicted molar refractivity (Wildman–Crippen MR) is 101 cm³/mol. The first-order chi connectivity index (χ1) is 12.6. The Labute approximate surface area is 149 Å². The summed E-state index contributed by atoms with van der Waals surface area (Å²) in [4.78, 5) is 6.45. The van der Waals surface area contributed by atoms with Crippen LogP contribution in [0.25, 0.3) is 10.9 Å². The first kappa shape index (κ1) is 16.3. The van der Waals surface area contributed by atoms with Gasteiger partial charge in [-0.15, -0.1) is 0 Å². The van der Waals surface area contributed by atoms with Gasteiger partial charge in [0, 0.05) is 17.6 Å². The van der Waals surface area contributed by atoms with Gasteiger partial charge >= 0.3 is 0 Å². The molecule has 0 radical (unpaired) electrons. The molecule has 0 atom stereocenters. The molecule has 2 heterocycles. The van der Waals surface area contributed by atoms with Crippen molar-refractivity contribution in [3.05, 3.63) is 53.4 Å². The molecule has 0 amide bonds. The highest BCUT2D eigenvalue weighted by Crippen LogP contribution is 2.35. The fraction of sp³-hybridized carbons (Fsp3) is 0.211. The Morgan fingerprint density at radius 2 is 2.00 bits per heavy atom. The van der Waals surface area contributed by atoms with E-state index < -0.39 is 5.82 Å². The Bertz CT molecular complexity index is 1070. The summed E-state index contributed by atoms with van der Waals surface area (Å²) in [6.07, 6.45) is 4.01. The lowest BCUT2D eigenvalue weighted by Crippen LogP contribution is -2.28. The van der Waals surface area contributed by atoms with Gasteiger partial charge in [0.2, 0.25) is 5.62 Å². The minimum Gasteiger partial charge on any atom is -0.396 e. The van der Waals surface area contributed by atoms with Gasteiger partial charge in [-0.25, -0.2) is 4.39 Å². The van der Waals surface area contributed by atoms with Gasteiger partial charge in [0.15, 0.2) is 0 Å². The van der Waals surface area contributed by atoms with E-state index in [4.69, 9.17) is 16.6 Å². The van der Waals surface area contributed by atoms with Gasteiger partial charge < -0.3 is 10.6 Å². The first-order valence-electron chi connectivity index (χ1n) is 8.52. The number of hydrogen-bond acceptors (Lipinski definition) is 5. The molecule has 2 aromatic carbocycles. The quantitative estimate of drug-likeness (QED) is 0.376. The summed E-state index contributed by atoms with van der Waals surface area (Å²) in [6.45, 7) is 0.735. The molecule has 132 valence electrons. The molecule has 0 aliphatic carbocycles. The number of nitrogens with one attached hydrogen (secondary N) is 2. The number of aryl methyl sites for hydroxylation is 1. The first-order valence-corrected chi connectivity index (χ1v) is 8.52. The van der Waals surface area contributed by atoms with E-state index in [9.17, 15) is 4.39 Å². The van der Waals surface area contributed by atoms with Gasteiger partial charge in [-0.05, 0) is 43.0 Å². The number of anilines is 3. The summed E-state index contributed by atoms with van der Waals surface area (Å²) < 4.78 is 15.5. The molecule has 3 aromatic rings. The van der Waals surface area contributed by atoms with Crippen LogP contribution in [-0.4, -0.2) is 22.4 Å². The smallest absolute Gasteiger partial charge is 0.229 e. The molecular weight excluding hydrogens is 331 g/mol. The zero-order valence-electron chi connectivity index (χ0n) is 14.2. The zero-order valence-corrected chi connectivity index (χ0v) is 14.2. The normalized spacial score (nSPS) is 14.1. The maximum atomic E-state index is 14.2. The number of halogens is 1. The third-order valence-electron chi connectivity index (χ3n) is 4.80. The number of fused-ring (bicyclic) bond motifs is 2. The average Bonchev–Trinajstić information content (AvgIpc) is 2.85. The van der Waals surface area contributed by atoms with E-state index in [0.717, 1.165) is 37.8 Å². The predicted octanol–water partition coefficient (Wildman–Crippen LogP) is 3.17. The van der Waals surface area contributed by atoms with Crippen LogP contribution in [0.15, 0.2) is 36.4 Å². The van der Waals surface area contributed by atoms with Crippen LogP contribution in [0.2, 0.25) is 0 Å². The summed E-state index contributed by atoms with van der Waals surface area (Å²) in [5.74, 6) is -0.00531. The Kier molecular flexibility index (Phi) is 3.91. The second kappa shape index (κ2) is 6.25. The zero-order chi connectivity index (χ0) is 18.3. The van der Waals surface area contributed by atoms with Gasteiger partial charge in [0.05, 0.1) is 17.5 Å². The van der Waals surface area contributed by atoms with E-state index in [1.54, 1.807) is 0 Å². The van der Waals surface area contributed by atoms with E-state index in [1.807, 2.05) is 23.1 Å². The molecule has 4 N–H and O–H groups in total. The number of aromatic nitrogens is 2. The standard InChI is InChI=1S/C19H19FN6/c20-14-9-13-17(10-15(14)22)26(11-21)19(23)24-18(13)25-8-4-3-6-12-5-1-2-7-16(12)25/h1-2,5,7,9-11,21,23H,3-4,6,8,22H2. The number of nitrogen functional groups attached to an aromatic ring is 1. The van der Waals surface area contributed by atoms with Crippen molar-refractivity contribution in [2.24, 2.45) is 0 Å². The minimum absolute atomic E-state index is 0.0130. The number of nitrogens with zero attached hydrogens (tertiary/aromatic N) is 3. The fourth-order valence-electron chi connectivity index (χ4n) is 3.53. The summed E-state index contributed by atoms with van der Waals surface area (Å²) in [6, 6.07) is 10.9. The van der Waals surface area contributed by atoms with E-state index in [0.29, 0.717) is 16.7 Å². The number of hydrogen-bond donors (Lipinski definition) is 3. The van der Waals surface area contributed by atoms with Gasteiger partial charge in [-0.2, -0.15) is 4.98 Å². The second-order valence-electron chi connectivity index (χ2n) is 6.39. The second-order valence-corrected chi connectivity index (χ2v) is 6.39. The van der Waals surface area contributed by atoms with E-state index in [-0.39, 0.29) is 11.3 Å². The Balaban J connectivity index is 2.05. The highest BCUT2D eigenvalue weighted by molar-refractivity contribution is 5.96. The molecule has 26 heavy (non-hydrogen) atoms. The van der Waals surface area contributed by atoms with E-state index in [1.165, 1.54) is 22.3 Å². The molecule has 0 spiro atoms. The molecule has 4 rings (SSSR count). The van der Waals surface area contributed by atoms with Crippen molar-refractivity contribution in [3.8, 4) is 0 Å². The largest absolute Gasteiger partial charge is 0.396 e. The van der Waals surface area contributed by atoms with Crippen LogP contribution in [0.5, 0.6) is 0 Å². The van der Waals surface area contributed by atoms with E-state index in [2.05, 4.69) is 11.1 Å². The fourth-order valence-corrected chi connectivity index (χ4v) is 3.53. The van der Waals surface area contributed by atoms with Crippen LogP contribution < -0.4 is 16.3 Å². The van der Waals surface area contributed by atoms with Crippen molar-refractivity contribution < 1.29 is 4.39 Å². The molecule has 0 saturated heterocycles. The van der Waals surface area contributed by atoms with Gasteiger partial charge in [0.1, 0.15) is 11.6 Å². The van der Waals surface area contributed by atoms with Crippen molar-refractivity contribution in [2.45, 2.75) is 19.3 Å². The maximum Gasteiger partial charge on any atom is 0.229 e. The van der Waals surface area contributed by atoms with Crippen LogP contribution in [0.3, 0.4) is 0 Å². The van der Waals surface area contributed by atoms with Gasteiger partial charge in [0.25, 0.3) is 0 Å². The van der Waals surface area contributed by atoms with Crippen LogP contribution in [0.4, 0.5) is 21.6 Å². The van der Waals surface area contributed by atoms with Gasteiger partial charge in [-0.3, -0.25) is 15.4 Å². The molecule has 7 heteroatoms. The van der Waals surface area contributed by atoms with Crippen molar-refractivity contribution in [1.82, 2.24) is 9.55 Å². The summed E-state index contributed by atoms with van der Waals surface area (Å²) in [7, 11) is 0. The van der Waals surface area contributed by atoms with E-state index >= 15 is 0 Å². The third-order valence-corrected chi connectivity index (χ3v) is 4.80. The summed E-state index contributed by atoms with van der Waals surface area (Å²) in [5, 5.41) is 16.3. The third kappa shape index (κ3) is 2.52. The summed E-state index contributed by atoms with van der Waals surface area (Å²) in [5.41, 5.74) is 8.37.